The van der Waals surface area contributed by atoms with Crippen LogP contribution in [0.5, 0.6) is 0 Å². The average Bonchev–Trinajstić information content (AvgIpc) is 3.09. The highest BCUT2D eigenvalue weighted by Gasteiger charge is 2.27. The standard InChI is InChI=1S/C38H67O10P/c1-3-5-7-9-11-12-13-14-15-16-17-18-19-20-21-22-24-26-28-30-38(42)48-36(34-47-49(43,44)46-32-35(40)31-39)33-45-37(41)29-27-25-23-10-8-6-4-2/h5,7,11-12,14-15,17-18,35-36,39-40H,3-4,6,8-10,13,16,19-34H2,1-2H3,(H,43,44)/b7-5-,12-11-,15-14-,18-17-. The Morgan fingerprint density at radius 1 is 0.633 bits per heavy atom. The van der Waals surface area contributed by atoms with Crippen LogP contribution in [0.25, 0.3) is 0 Å². The van der Waals surface area contributed by atoms with Crippen LogP contribution in [-0.2, 0) is 32.7 Å². The largest absolute Gasteiger partial charge is 0.472 e. The van der Waals surface area contributed by atoms with Crippen LogP contribution < -0.4 is 0 Å². The summed E-state index contributed by atoms with van der Waals surface area (Å²) in [6, 6.07) is 0. The lowest BCUT2D eigenvalue weighted by Gasteiger charge is -2.20. The highest BCUT2D eigenvalue weighted by atomic mass is 31.2. The summed E-state index contributed by atoms with van der Waals surface area (Å²) < 4.78 is 32.4. The smallest absolute Gasteiger partial charge is 0.462 e. The van der Waals surface area contributed by atoms with Gasteiger partial charge in [-0.15, -0.1) is 0 Å². The van der Waals surface area contributed by atoms with E-state index in [9.17, 15) is 24.2 Å². The van der Waals surface area contributed by atoms with E-state index in [2.05, 4.69) is 67.0 Å². The Labute approximate surface area is 296 Å². The molecule has 0 amide bonds. The van der Waals surface area contributed by atoms with Crippen LogP contribution in [0.2, 0.25) is 0 Å². The quantitative estimate of drug-likeness (QED) is 0.0255. The van der Waals surface area contributed by atoms with E-state index in [0.29, 0.717) is 12.8 Å². The van der Waals surface area contributed by atoms with E-state index in [0.717, 1.165) is 83.5 Å². The molecule has 3 unspecified atom stereocenters. The summed E-state index contributed by atoms with van der Waals surface area (Å²) in [7, 11) is -4.61. The zero-order chi connectivity index (χ0) is 36.3. The Balaban J connectivity index is 4.32. The fourth-order valence-corrected chi connectivity index (χ4v) is 5.42. The van der Waals surface area contributed by atoms with Crippen LogP contribution in [0.3, 0.4) is 0 Å². The zero-order valence-electron chi connectivity index (χ0n) is 30.4. The van der Waals surface area contributed by atoms with E-state index in [1.165, 1.54) is 19.3 Å². The molecule has 10 nitrogen and oxygen atoms in total. The molecule has 3 N–H and O–H groups in total. The molecule has 0 bridgehead atoms. The first-order valence-corrected chi connectivity index (χ1v) is 20.1. The number of carbonyl (C=O) groups excluding carboxylic acids is 2. The molecule has 0 aromatic heterocycles. The number of rotatable bonds is 34. The van der Waals surface area contributed by atoms with Crippen molar-refractivity contribution >= 4 is 19.8 Å². The number of allylic oxidation sites excluding steroid dienone is 8. The van der Waals surface area contributed by atoms with Crippen LogP contribution in [-0.4, -0.2) is 65.7 Å². The third kappa shape index (κ3) is 34.2. The molecule has 0 radical (unpaired) electrons. The Hall–Kier alpha value is -2.07. The summed E-state index contributed by atoms with van der Waals surface area (Å²) >= 11 is 0. The first-order valence-electron chi connectivity index (χ1n) is 18.6. The minimum atomic E-state index is -4.61. The molecule has 49 heavy (non-hydrogen) atoms. The fourth-order valence-electron chi connectivity index (χ4n) is 4.63. The van der Waals surface area contributed by atoms with Gasteiger partial charge in [-0.2, -0.15) is 0 Å². The van der Waals surface area contributed by atoms with Crippen LogP contribution in [0.15, 0.2) is 48.6 Å². The van der Waals surface area contributed by atoms with Crippen molar-refractivity contribution in [3.05, 3.63) is 48.6 Å². The Kier molecular flexibility index (Phi) is 32.9. The van der Waals surface area contributed by atoms with Crippen LogP contribution in [0, 0.1) is 0 Å². The normalized spacial score (nSPS) is 14.6. The fraction of sp³-hybridized carbons (Fsp3) is 0.737. The topological polar surface area (TPSA) is 149 Å². The number of aliphatic hydroxyl groups excluding tert-OH is 2. The minimum absolute atomic E-state index is 0.167. The number of phosphoric ester groups is 1. The molecule has 0 aliphatic carbocycles. The van der Waals surface area contributed by atoms with Gasteiger partial charge in [0.25, 0.3) is 0 Å². The number of carbonyl (C=O) groups is 2. The summed E-state index contributed by atoms with van der Waals surface area (Å²) in [5, 5.41) is 18.2. The van der Waals surface area contributed by atoms with Crippen molar-refractivity contribution in [2.45, 2.75) is 154 Å². The molecule has 0 aliphatic heterocycles. The monoisotopic (exact) mass is 714 g/mol. The molecule has 0 saturated carbocycles. The lowest BCUT2D eigenvalue weighted by Crippen LogP contribution is -2.29. The van der Waals surface area contributed by atoms with Crippen molar-refractivity contribution < 1.29 is 47.8 Å². The summed E-state index contributed by atoms with van der Waals surface area (Å²) in [6.45, 7) is 2.17. The third-order valence-electron chi connectivity index (χ3n) is 7.50. The van der Waals surface area contributed by atoms with Gasteiger partial charge < -0.3 is 24.6 Å². The first-order chi connectivity index (χ1) is 23.7. The molecule has 0 aliphatic rings. The van der Waals surface area contributed by atoms with Gasteiger partial charge in [0.1, 0.15) is 12.7 Å². The van der Waals surface area contributed by atoms with E-state index in [-0.39, 0.29) is 19.4 Å². The number of hydrogen-bond acceptors (Lipinski definition) is 9. The Morgan fingerprint density at radius 3 is 1.69 bits per heavy atom. The number of esters is 2. The zero-order valence-corrected chi connectivity index (χ0v) is 31.3. The number of ether oxygens (including phenoxy) is 2. The van der Waals surface area contributed by atoms with Crippen LogP contribution in [0.4, 0.5) is 0 Å². The maximum absolute atomic E-state index is 12.5. The van der Waals surface area contributed by atoms with E-state index in [1.54, 1.807) is 0 Å². The first kappa shape index (κ1) is 46.9. The molecular formula is C38H67O10P. The van der Waals surface area contributed by atoms with E-state index >= 15 is 0 Å². The molecule has 3 atom stereocenters. The van der Waals surface area contributed by atoms with Gasteiger partial charge >= 0.3 is 19.8 Å². The van der Waals surface area contributed by atoms with Gasteiger partial charge in [-0.25, -0.2) is 4.57 Å². The van der Waals surface area contributed by atoms with Gasteiger partial charge in [0.05, 0.1) is 19.8 Å². The molecule has 0 heterocycles. The second-order valence-corrected chi connectivity index (χ2v) is 13.7. The SMILES string of the molecule is CC/C=C\C/C=C\C/C=C\C/C=C\CCCCCCCCC(=O)OC(COC(=O)CCCCCCCCC)COP(=O)(O)OCC(O)CO. The summed E-state index contributed by atoms with van der Waals surface area (Å²) in [4.78, 5) is 34.6. The van der Waals surface area contributed by atoms with Crippen molar-refractivity contribution in [2.24, 2.45) is 0 Å². The summed E-state index contributed by atoms with van der Waals surface area (Å²) in [5.74, 6) is -0.952. The van der Waals surface area contributed by atoms with Crippen LogP contribution >= 0.6 is 7.82 Å². The molecule has 11 heteroatoms. The Bertz CT molecular complexity index is 962. The molecule has 0 aromatic carbocycles. The van der Waals surface area contributed by atoms with Crippen molar-refractivity contribution in [1.82, 2.24) is 0 Å². The maximum atomic E-state index is 12.5. The molecule has 0 rings (SSSR count). The molecule has 0 saturated heterocycles. The predicted molar refractivity (Wildman–Crippen MR) is 196 cm³/mol. The molecule has 0 spiro atoms. The number of unbranched alkanes of at least 4 members (excludes halogenated alkanes) is 12. The van der Waals surface area contributed by atoms with Gasteiger partial charge in [-0.3, -0.25) is 18.6 Å². The minimum Gasteiger partial charge on any atom is -0.462 e. The predicted octanol–water partition coefficient (Wildman–Crippen LogP) is 8.99. The van der Waals surface area contributed by atoms with E-state index < -0.39 is 51.8 Å². The van der Waals surface area contributed by atoms with Crippen molar-refractivity contribution in [3.8, 4) is 0 Å². The second kappa shape index (κ2) is 34.4. The molecule has 284 valence electrons. The van der Waals surface area contributed by atoms with Gasteiger partial charge in [-0.05, 0) is 51.4 Å². The van der Waals surface area contributed by atoms with E-state index in [4.69, 9.17) is 19.1 Å². The van der Waals surface area contributed by atoms with Crippen molar-refractivity contribution in [3.63, 3.8) is 0 Å². The average molecular weight is 715 g/mol. The summed E-state index contributed by atoms with van der Waals surface area (Å²) in [6.07, 6.45) is 33.9. The Morgan fingerprint density at radius 2 is 1.12 bits per heavy atom. The van der Waals surface area contributed by atoms with Crippen LogP contribution in [0.1, 0.15) is 142 Å². The molecule has 0 fully saturated rings. The van der Waals surface area contributed by atoms with Crippen molar-refractivity contribution in [1.29, 1.82) is 0 Å². The van der Waals surface area contributed by atoms with Gasteiger partial charge in [0.2, 0.25) is 0 Å². The number of aliphatic hydroxyl groups is 2. The van der Waals surface area contributed by atoms with Gasteiger partial charge in [-0.1, -0.05) is 127 Å². The van der Waals surface area contributed by atoms with Gasteiger partial charge in [0.15, 0.2) is 6.10 Å². The van der Waals surface area contributed by atoms with Crippen molar-refractivity contribution in [2.75, 3.05) is 26.4 Å². The second-order valence-electron chi connectivity index (χ2n) is 12.2. The number of hydrogen-bond donors (Lipinski definition) is 3. The summed E-state index contributed by atoms with van der Waals surface area (Å²) in [5.41, 5.74) is 0. The highest BCUT2D eigenvalue weighted by Crippen LogP contribution is 2.43. The molecular weight excluding hydrogens is 647 g/mol. The van der Waals surface area contributed by atoms with E-state index in [1.807, 2.05) is 0 Å². The number of phosphoric acid groups is 1. The third-order valence-corrected chi connectivity index (χ3v) is 8.45. The van der Waals surface area contributed by atoms with Gasteiger partial charge in [0, 0.05) is 12.8 Å². The molecule has 0 aromatic rings. The lowest BCUT2D eigenvalue weighted by molar-refractivity contribution is -0.161. The lowest BCUT2D eigenvalue weighted by atomic mass is 10.1. The maximum Gasteiger partial charge on any atom is 0.472 e. The highest BCUT2D eigenvalue weighted by molar-refractivity contribution is 7.47.